The summed E-state index contributed by atoms with van der Waals surface area (Å²) in [6.07, 6.45) is 2.69. The lowest BCUT2D eigenvalue weighted by molar-refractivity contribution is -0.119. The van der Waals surface area contributed by atoms with Gasteiger partial charge in [-0.3, -0.25) is 4.79 Å². The third kappa shape index (κ3) is 3.90. The van der Waals surface area contributed by atoms with Crippen LogP contribution in [0.15, 0.2) is 39.4 Å². The van der Waals surface area contributed by atoms with E-state index in [1.165, 1.54) is 22.8 Å². The van der Waals surface area contributed by atoms with Crippen LogP contribution in [-0.4, -0.2) is 54.3 Å². The number of anilines is 1. The molecule has 0 aromatic carbocycles. The smallest absolute Gasteiger partial charge is 0.354 e. The maximum Gasteiger partial charge on any atom is 0.354 e. The number of aromatic amines is 1. The molecule has 1 fully saturated rings. The van der Waals surface area contributed by atoms with Crippen LogP contribution in [0.4, 0.5) is 5.13 Å². The average molecular weight is 467 g/mol. The lowest BCUT2D eigenvalue weighted by Crippen LogP contribution is -2.42. The van der Waals surface area contributed by atoms with Crippen molar-refractivity contribution in [2.45, 2.75) is 23.1 Å². The summed E-state index contributed by atoms with van der Waals surface area (Å²) in [5, 5.41) is 6.52. The van der Waals surface area contributed by atoms with E-state index in [9.17, 15) is 18.0 Å². The summed E-state index contributed by atoms with van der Waals surface area (Å²) in [5.74, 6) is -0.892. The molecule has 0 aliphatic carbocycles. The molecule has 9 nitrogen and oxygen atoms in total. The van der Waals surface area contributed by atoms with Gasteiger partial charge in [-0.2, -0.15) is 4.31 Å². The Morgan fingerprint density at radius 2 is 2.20 bits per heavy atom. The van der Waals surface area contributed by atoms with Crippen LogP contribution in [0.5, 0.6) is 0 Å². The molecule has 0 saturated carbocycles. The number of nitrogens with zero attached hydrogens (tertiary/aromatic N) is 2. The van der Waals surface area contributed by atoms with Crippen molar-refractivity contribution in [2.24, 2.45) is 0 Å². The van der Waals surface area contributed by atoms with Gasteiger partial charge < -0.3 is 15.0 Å². The summed E-state index contributed by atoms with van der Waals surface area (Å²) in [4.78, 5) is 31.6. The molecule has 2 N–H and O–H groups in total. The first kappa shape index (κ1) is 20.7. The number of hydrogen-bond donors (Lipinski definition) is 2. The van der Waals surface area contributed by atoms with Gasteiger partial charge in [0.05, 0.1) is 12.8 Å². The minimum atomic E-state index is -3.70. The second kappa shape index (κ2) is 8.30. The predicted molar refractivity (Wildman–Crippen MR) is 113 cm³/mol. The van der Waals surface area contributed by atoms with Gasteiger partial charge in [-0.15, -0.1) is 22.7 Å². The number of amides is 1. The highest BCUT2D eigenvalue weighted by atomic mass is 32.2. The number of sulfonamides is 1. The lowest BCUT2D eigenvalue weighted by Gasteiger charge is -2.22. The van der Waals surface area contributed by atoms with Crippen molar-refractivity contribution >= 4 is 49.7 Å². The van der Waals surface area contributed by atoms with Crippen molar-refractivity contribution in [1.82, 2.24) is 14.3 Å². The van der Waals surface area contributed by atoms with E-state index >= 15 is 0 Å². The molecule has 1 atom stereocenters. The summed E-state index contributed by atoms with van der Waals surface area (Å²) in [6.45, 7) is 0.307. The van der Waals surface area contributed by atoms with E-state index in [4.69, 9.17) is 0 Å². The average Bonchev–Trinajstić information content (AvgIpc) is 3.53. The second-order valence-corrected chi connectivity index (χ2v) is 10.4. The molecule has 3 aromatic heterocycles. The number of esters is 1. The molecule has 0 radical (unpaired) electrons. The number of carbonyl (C=O) groups is 2. The van der Waals surface area contributed by atoms with Crippen LogP contribution in [0.2, 0.25) is 0 Å². The van der Waals surface area contributed by atoms with E-state index < -0.39 is 27.9 Å². The first-order chi connectivity index (χ1) is 14.4. The fraction of sp³-hybridized carbons (Fsp3) is 0.278. The molecule has 4 rings (SSSR count). The van der Waals surface area contributed by atoms with Crippen molar-refractivity contribution < 1.29 is 22.7 Å². The van der Waals surface area contributed by atoms with E-state index in [0.29, 0.717) is 41.5 Å². The molecule has 1 unspecified atom stereocenters. The molecular weight excluding hydrogens is 448 g/mol. The van der Waals surface area contributed by atoms with Gasteiger partial charge >= 0.3 is 5.97 Å². The van der Waals surface area contributed by atoms with Gasteiger partial charge in [-0.1, -0.05) is 6.07 Å². The van der Waals surface area contributed by atoms with Gasteiger partial charge in [0, 0.05) is 23.7 Å². The number of methoxy groups -OCH3 is 1. The van der Waals surface area contributed by atoms with Crippen LogP contribution in [0.3, 0.4) is 0 Å². The van der Waals surface area contributed by atoms with Gasteiger partial charge in [-0.05, 0) is 30.4 Å². The first-order valence-corrected chi connectivity index (χ1v) is 12.2. The predicted octanol–water partition coefficient (Wildman–Crippen LogP) is 2.78. The summed E-state index contributed by atoms with van der Waals surface area (Å²) < 4.78 is 31.8. The van der Waals surface area contributed by atoms with E-state index in [1.807, 2.05) is 0 Å². The van der Waals surface area contributed by atoms with Crippen molar-refractivity contribution in [3.63, 3.8) is 0 Å². The lowest BCUT2D eigenvalue weighted by atomic mass is 10.2. The molecule has 30 heavy (non-hydrogen) atoms. The summed E-state index contributed by atoms with van der Waals surface area (Å²) in [5.41, 5.74) is 1.55. The van der Waals surface area contributed by atoms with E-state index in [0.717, 1.165) is 11.3 Å². The minimum absolute atomic E-state index is 0.229. The Kier molecular flexibility index (Phi) is 5.73. The van der Waals surface area contributed by atoms with Crippen molar-refractivity contribution in [3.05, 3.63) is 40.8 Å². The zero-order valence-corrected chi connectivity index (χ0v) is 18.3. The summed E-state index contributed by atoms with van der Waals surface area (Å²) >= 11 is 2.36. The largest absolute Gasteiger partial charge is 0.464 e. The molecular formula is C18H18N4O5S3. The van der Waals surface area contributed by atoms with Crippen molar-refractivity contribution in [3.8, 4) is 11.3 Å². The number of aromatic nitrogens is 2. The molecule has 3 aromatic rings. The monoisotopic (exact) mass is 466 g/mol. The molecule has 1 amide bonds. The highest BCUT2D eigenvalue weighted by molar-refractivity contribution is 7.91. The zero-order valence-electron chi connectivity index (χ0n) is 15.8. The number of nitrogens with one attached hydrogen (secondary N) is 2. The fourth-order valence-corrected chi connectivity index (χ4v) is 6.74. The maximum atomic E-state index is 12.8. The minimum Gasteiger partial charge on any atom is -0.464 e. The Bertz CT molecular complexity index is 1170. The Hall–Kier alpha value is -2.54. The number of thiazole rings is 1. The van der Waals surface area contributed by atoms with E-state index in [-0.39, 0.29) is 4.21 Å². The molecule has 1 saturated heterocycles. The van der Waals surface area contributed by atoms with Gasteiger partial charge in [0.1, 0.15) is 15.9 Å². The number of thiophene rings is 1. The molecule has 4 heterocycles. The second-order valence-electron chi connectivity index (χ2n) is 6.53. The molecule has 158 valence electrons. The molecule has 0 bridgehead atoms. The van der Waals surface area contributed by atoms with Gasteiger partial charge in [0.25, 0.3) is 10.0 Å². The summed E-state index contributed by atoms with van der Waals surface area (Å²) in [6, 6.07) is 4.05. The van der Waals surface area contributed by atoms with Crippen LogP contribution in [0.1, 0.15) is 23.3 Å². The van der Waals surface area contributed by atoms with E-state index in [1.54, 1.807) is 35.2 Å². The quantitative estimate of drug-likeness (QED) is 0.539. The van der Waals surface area contributed by atoms with Gasteiger partial charge in [0.15, 0.2) is 5.13 Å². The van der Waals surface area contributed by atoms with Gasteiger partial charge in [-0.25, -0.2) is 18.2 Å². The molecule has 1 aliphatic heterocycles. The number of hydrogen-bond acceptors (Lipinski definition) is 8. The standard InChI is InChI=1S/C18H18N4O5S3/c1-27-17(24)12-8-11(9-19-12)13-10-29-18(20-13)21-16(23)14-4-2-6-22(14)30(25,26)15-5-3-7-28-15/h3,5,7-10,14,19H,2,4,6H2,1H3,(H,20,21,23). The number of carbonyl (C=O) groups excluding carboxylic acids is 2. The first-order valence-electron chi connectivity index (χ1n) is 8.99. The molecule has 0 spiro atoms. The van der Waals surface area contributed by atoms with Crippen LogP contribution in [0, 0.1) is 0 Å². The fourth-order valence-electron chi connectivity index (χ4n) is 3.24. The van der Waals surface area contributed by atoms with Crippen molar-refractivity contribution in [2.75, 3.05) is 19.0 Å². The zero-order chi connectivity index (χ0) is 21.3. The van der Waals surface area contributed by atoms with Crippen LogP contribution >= 0.6 is 22.7 Å². The number of H-pyrrole nitrogens is 1. The maximum absolute atomic E-state index is 12.8. The van der Waals surface area contributed by atoms with Crippen LogP contribution < -0.4 is 5.32 Å². The van der Waals surface area contributed by atoms with E-state index in [2.05, 4.69) is 20.0 Å². The highest BCUT2D eigenvalue weighted by Crippen LogP contribution is 2.30. The van der Waals surface area contributed by atoms with Crippen LogP contribution in [0.25, 0.3) is 11.3 Å². The van der Waals surface area contributed by atoms with Crippen LogP contribution in [-0.2, 0) is 19.6 Å². The third-order valence-corrected chi connectivity index (χ3v) is 8.72. The van der Waals surface area contributed by atoms with Crippen molar-refractivity contribution in [1.29, 1.82) is 0 Å². The topological polar surface area (TPSA) is 121 Å². The molecule has 12 heteroatoms. The third-order valence-electron chi connectivity index (χ3n) is 4.68. The Balaban J connectivity index is 1.48. The molecule has 1 aliphatic rings. The number of rotatable bonds is 6. The Morgan fingerprint density at radius 1 is 1.37 bits per heavy atom. The Labute approximate surface area is 180 Å². The highest BCUT2D eigenvalue weighted by Gasteiger charge is 2.40. The summed E-state index contributed by atoms with van der Waals surface area (Å²) in [7, 11) is -2.41. The van der Waals surface area contributed by atoms with Gasteiger partial charge in [0.2, 0.25) is 5.91 Å². The number of ether oxygens (including phenoxy) is 1. The Morgan fingerprint density at radius 3 is 2.93 bits per heavy atom. The SMILES string of the molecule is COC(=O)c1cc(-c2csc(NC(=O)C3CCCN3S(=O)(=O)c3cccs3)n2)c[nH]1. The normalized spacial score (nSPS) is 17.2.